The molecule has 0 aliphatic carbocycles. The number of morpholine rings is 1. The monoisotopic (exact) mass is 404 g/mol. The van der Waals surface area contributed by atoms with E-state index < -0.39 is 10.0 Å². The number of hydrogen-bond donors (Lipinski definition) is 1. The molecule has 0 unspecified atom stereocenters. The molecule has 1 aliphatic heterocycles. The predicted octanol–water partition coefficient (Wildman–Crippen LogP) is 1.69. The SMILES string of the molecule is COc1ccc(CNCC(=O)c2ccc(S(=O)(=O)N3CCOCC3)cc2)cc1. The van der Waals surface area contributed by atoms with Crippen molar-refractivity contribution in [3.63, 3.8) is 0 Å². The van der Waals surface area contributed by atoms with Crippen LogP contribution in [0.4, 0.5) is 0 Å². The van der Waals surface area contributed by atoms with Gasteiger partial charge in [0.05, 0.1) is 31.8 Å². The number of ketones is 1. The summed E-state index contributed by atoms with van der Waals surface area (Å²) in [4.78, 5) is 12.5. The Morgan fingerprint density at radius 3 is 2.32 bits per heavy atom. The van der Waals surface area contributed by atoms with E-state index in [0.29, 0.717) is 38.4 Å². The fourth-order valence-electron chi connectivity index (χ4n) is 2.91. The number of carbonyl (C=O) groups is 1. The molecule has 3 rings (SSSR count). The first-order valence-electron chi connectivity index (χ1n) is 9.05. The van der Waals surface area contributed by atoms with Gasteiger partial charge in [-0.05, 0) is 29.8 Å². The molecule has 0 spiro atoms. The maximum Gasteiger partial charge on any atom is 0.243 e. The summed E-state index contributed by atoms with van der Waals surface area (Å²) in [7, 11) is -1.93. The van der Waals surface area contributed by atoms with Gasteiger partial charge in [-0.3, -0.25) is 4.79 Å². The highest BCUT2D eigenvalue weighted by molar-refractivity contribution is 7.89. The van der Waals surface area contributed by atoms with Crippen molar-refractivity contribution >= 4 is 15.8 Å². The quantitative estimate of drug-likeness (QED) is 0.674. The first-order chi connectivity index (χ1) is 13.5. The first-order valence-corrected chi connectivity index (χ1v) is 10.5. The highest BCUT2D eigenvalue weighted by Crippen LogP contribution is 2.18. The number of benzene rings is 2. The van der Waals surface area contributed by atoms with Crippen LogP contribution in [0.25, 0.3) is 0 Å². The fourth-order valence-corrected chi connectivity index (χ4v) is 4.32. The molecule has 2 aromatic rings. The minimum atomic E-state index is -3.55. The largest absolute Gasteiger partial charge is 0.497 e. The zero-order valence-electron chi connectivity index (χ0n) is 15.8. The molecule has 1 saturated heterocycles. The van der Waals surface area contributed by atoms with Crippen LogP contribution in [0.2, 0.25) is 0 Å². The fraction of sp³-hybridized carbons (Fsp3) is 0.350. The van der Waals surface area contributed by atoms with Crippen LogP contribution in [0, 0.1) is 0 Å². The van der Waals surface area contributed by atoms with Crippen molar-refractivity contribution in [1.82, 2.24) is 9.62 Å². The zero-order valence-corrected chi connectivity index (χ0v) is 16.6. The second kappa shape index (κ2) is 9.29. The van der Waals surface area contributed by atoms with E-state index in [1.807, 2.05) is 24.3 Å². The summed E-state index contributed by atoms with van der Waals surface area (Å²) >= 11 is 0. The van der Waals surface area contributed by atoms with E-state index in [1.54, 1.807) is 19.2 Å². The summed E-state index contributed by atoms with van der Waals surface area (Å²) in [6, 6.07) is 13.7. The van der Waals surface area contributed by atoms with Crippen molar-refractivity contribution in [1.29, 1.82) is 0 Å². The van der Waals surface area contributed by atoms with Gasteiger partial charge in [-0.25, -0.2) is 8.42 Å². The summed E-state index contributed by atoms with van der Waals surface area (Å²) in [6.07, 6.45) is 0. The van der Waals surface area contributed by atoms with Gasteiger partial charge in [-0.1, -0.05) is 24.3 Å². The highest BCUT2D eigenvalue weighted by atomic mass is 32.2. The van der Waals surface area contributed by atoms with Gasteiger partial charge < -0.3 is 14.8 Å². The zero-order chi connectivity index (χ0) is 20.0. The van der Waals surface area contributed by atoms with E-state index in [9.17, 15) is 13.2 Å². The molecule has 1 N–H and O–H groups in total. The van der Waals surface area contributed by atoms with Crippen LogP contribution in [0.1, 0.15) is 15.9 Å². The minimum absolute atomic E-state index is 0.0937. The summed E-state index contributed by atoms with van der Waals surface area (Å²) < 4.78 is 36.9. The molecule has 0 amide bonds. The van der Waals surface area contributed by atoms with E-state index in [0.717, 1.165) is 11.3 Å². The maximum absolute atomic E-state index is 12.6. The number of ether oxygens (including phenoxy) is 2. The van der Waals surface area contributed by atoms with Gasteiger partial charge in [0.25, 0.3) is 0 Å². The summed E-state index contributed by atoms with van der Waals surface area (Å²) in [5, 5.41) is 3.10. The van der Waals surface area contributed by atoms with E-state index in [2.05, 4.69) is 5.32 Å². The molecule has 1 aliphatic rings. The van der Waals surface area contributed by atoms with Crippen LogP contribution in [-0.2, 0) is 21.3 Å². The molecule has 1 heterocycles. The number of methoxy groups -OCH3 is 1. The highest BCUT2D eigenvalue weighted by Gasteiger charge is 2.26. The van der Waals surface area contributed by atoms with Crippen LogP contribution in [0.5, 0.6) is 5.75 Å². The van der Waals surface area contributed by atoms with E-state index >= 15 is 0 Å². The Kier molecular flexibility index (Phi) is 6.79. The minimum Gasteiger partial charge on any atom is -0.497 e. The molecule has 2 aromatic carbocycles. The molecular weight excluding hydrogens is 380 g/mol. The first kappa shape index (κ1) is 20.5. The predicted molar refractivity (Wildman–Crippen MR) is 105 cm³/mol. The van der Waals surface area contributed by atoms with Crippen molar-refractivity contribution < 1.29 is 22.7 Å². The number of Topliss-reactive ketones (excluding diaryl/α,β-unsaturated/α-hetero) is 1. The van der Waals surface area contributed by atoms with E-state index in [-0.39, 0.29) is 17.2 Å². The Balaban J connectivity index is 1.55. The molecule has 28 heavy (non-hydrogen) atoms. The van der Waals surface area contributed by atoms with Crippen LogP contribution in [-0.4, -0.2) is 58.5 Å². The molecule has 7 nitrogen and oxygen atoms in total. The van der Waals surface area contributed by atoms with Crippen LogP contribution in [0.3, 0.4) is 0 Å². The molecular formula is C20H24N2O5S. The number of nitrogens with one attached hydrogen (secondary N) is 1. The molecule has 8 heteroatoms. The van der Waals surface area contributed by atoms with Crippen molar-refractivity contribution in [3.8, 4) is 5.75 Å². The molecule has 1 fully saturated rings. The normalized spacial score (nSPS) is 15.3. The standard InChI is InChI=1S/C20H24N2O5S/c1-26-18-6-2-16(3-7-18)14-21-15-20(23)17-4-8-19(9-5-17)28(24,25)22-10-12-27-13-11-22/h2-9,21H,10-15H2,1H3. The van der Waals surface area contributed by atoms with Gasteiger partial charge in [0.1, 0.15) is 5.75 Å². The number of nitrogens with zero attached hydrogens (tertiary/aromatic N) is 1. The molecule has 0 saturated carbocycles. The number of rotatable bonds is 8. The average Bonchev–Trinajstić information content (AvgIpc) is 2.75. The van der Waals surface area contributed by atoms with Gasteiger partial charge in [0.2, 0.25) is 10.0 Å². The van der Waals surface area contributed by atoms with Crippen LogP contribution < -0.4 is 10.1 Å². The van der Waals surface area contributed by atoms with E-state index in [1.165, 1.54) is 16.4 Å². The van der Waals surface area contributed by atoms with E-state index in [4.69, 9.17) is 9.47 Å². The number of sulfonamides is 1. The second-order valence-electron chi connectivity index (χ2n) is 6.42. The third-order valence-corrected chi connectivity index (χ3v) is 6.47. The van der Waals surface area contributed by atoms with Crippen molar-refractivity contribution in [2.45, 2.75) is 11.4 Å². The van der Waals surface area contributed by atoms with Crippen LogP contribution >= 0.6 is 0 Å². The van der Waals surface area contributed by atoms with Gasteiger partial charge in [-0.15, -0.1) is 0 Å². The van der Waals surface area contributed by atoms with Crippen molar-refractivity contribution in [3.05, 3.63) is 59.7 Å². The molecule has 0 bridgehead atoms. The van der Waals surface area contributed by atoms with Gasteiger partial charge in [-0.2, -0.15) is 4.31 Å². The Hall–Kier alpha value is -2.26. The Bertz CT molecular complexity index is 889. The third-order valence-electron chi connectivity index (χ3n) is 4.56. The van der Waals surface area contributed by atoms with Gasteiger partial charge in [0.15, 0.2) is 5.78 Å². The average molecular weight is 404 g/mol. The number of hydrogen-bond acceptors (Lipinski definition) is 6. The lowest BCUT2D eigenvalue weighted by Gasteiger charge is -2.26. The molecule has 0 radical (unpaired) electrons. The topological polar surface area (TPSA) is 84.9 Å². The number of carbonyl (C=O) groups excluding carboxylic acids is 1. The Morgan fingerprint density at radius 2 is 1.71 bits per heavy atom. The third kappa shape index (κ3) is 4.96. The molecule has 150 valence electrons. The summed E-state index contributed by atoms with van der Waals surface area (Å²) in [5.74, 6) is 0.691. The van der Waals surface area contributed by atoms with Gasteiger partial charge >= 0.3 is 0 Å². The maximum atomic E-state index is 12.6. The van der Waals surface area contributed by atoms with Crippen LogP contribution in [0.15, 0.2) is 53.4 Å². The second-order valence-corrected chi connectivity index (χ2v) is 8.35. The van der Waals surface area contributed by atoms with Crippen molar-refractivity contribution in [2.75, 3.05) is 40.0 Å². The lowest BCUT2D eigenvalue weighted by molar-refractivity contribution is 0.0730. The molecule has 0 atom stereocenters. The lowest BCUT2D eigenvalue weighted by atomic mass is 10.1. The lowest BCUT2D eigenvalue weighted by Crippen LogP contribution is -2.40. The van der Waals surface area contributed by atoms with Crippen molar-refractivity contribution in [2.24, 2.45) is 0 Å². The summed E-state index contributed by atoms with van der Waals surface area (Å²) in [5.41, 5.74) is 1.52. The Labute approximate surface area is 165 Å². The van der Waals surface area contributed by atoms with Gasteiger partial charge in [0, 0.05) is 25.2 Å². The molecule has 0 aromatic heterocycles. The Morgan fingerprint density at radius 1 is 1.07 bits per heavy atom. The smallest absolute Gasteiger partial charge is 0.243 e. The summed E-state index contributed by atoms with van der Waals surface area (Å²) in [6.45, 7) is 2.21.